The molecule has 1 fully saturated rings. The zero-order valence-electron chi connectivity index (χ0n) is 9.02. The van der Waals surface area contributed by atoms with E-state index in [0.717, 1.165) is 25.6 Å². The summed E-state index contributed by atoms with van der Waals surface area (Å²) in [6.07, 6.45) is 4.79. The number of nitrogens with zero attached hydrogens (tertiary/aromatic N) is 3. The van der Waals surface area contributed by atoms with Crippen molar-refractivity contribution in [2.24, 2.45) is 11.7 Å². The molecule has 1 aromatic rings. The maximum atomic E-state index is 5.71. The van der Waals surface area contributed by atoms with Crippen LogP contribution in [-0.4, -0.2) is 27.8 Å². The molecule has 0 unspecified atom stereocenters. The first kappa shape index (κ1) is 9.36. The van der Waals surface area contributed by atoms with Crippen molar-refractivity contribution in [3.05, 3.63) is 17.5 Å². The van der Waals surface area contributed by atoms with Crippen molar-refractivity contribution in [3.8, 4) is 0 Å². The summed E-state index contributed by atoms with van der Waals surface area (Å²) in [5.74, 6) is 0.973. The fourth-order valence-corrected chi connectivity index (χ4v) is 2.34. The van der Waals surface area contributed by atoms with Gasteiger partial charge in [-0.2, -0.15) is 5.10 Å². The Kier molecular flexibility index (Phi) is 2.25. The lowest BCUT2D eigenvalue weighted by Crippen LogP contribution is -2.35. The molecule has 0 atom stereocenters. The van der Waals surface area contributed by atoms with Crippen LogP contribution in [0.15, 0.2) is 6.20 Å². The monoisotopic (exact) mass is 206 g/mol. The lowest BCUT2D eigenvalue weighted by Gasteiger charge is -2.28. The highest BCUT2D eigenvalue weighted by Gasteiger charge is 2.27. The molecule has 2 heterocycles. The largest absolute Gasteiger partial charge is 0.326 e. The molecule has 2 N–H and O–H groups in total. The van der Waals surface area contributed by atoms with Gasteiger partial charge in [-0.1, -0.05) is 0 Å². The minimum atomic E-state index is 0.618. The summed E-state index contributed by atoms with van der Waals surface area (Å²) < 4.78 is 2.12. The molecule has 1 aliphatic heterocycles. The average Bonchev–Trinajstić information content (AvgIpc) is 2.97. The van der Waals surface area contributed by atoms with Gasteiger partial charge in [-0.15, -0.1) is 0 Å². The fourth-order valence-electron chi connectivity index (χ4n) is 2.34. The normalized spacial score (nSPS) is 21.7. The van der Waals surface area contributed by atoms with Crippen molar-refractivity contribution < 1.29 is 0 Å². The zero-order chi connectivity index (χ0) is 10.3. The molecule has 0 aromatic carbocycles. The van der Waals surface area contributed by atoms with Gasteiger partial charge in [0.1, 0.15) is 0 Å². The summed E-state index contributed by atoms with van der Waals surface area (Å²) in [5.41, 5.74) is 8.26. The van der Waals surface area contributed by atoms with Crippen LogP contribution < -0.4 is 5.73 Å². The maximum Gasteiger partial charge on any atom is 0.0569 e. The summed E-state index contributed by atoms with van der Waals surface area (Å²) in [5, 5.41) is 4.37. The molecule has 0 amide bonds. The van der Waals surface area contributed by atoms with Crippen LogP contribution in [0.25, 0.3) is 0 Å². The molecular formula is C11H18N4. The fraction of sp³-hybridized carbons (Fsp3) is 0.727. The highest BCUT2D eigenvalue weighted by atomic mass is 15.3. The SMILES string of the molecule is NCc1cnn2c1CN(CC1CC1)CC2. The van der Waals surface area contributed by atoms with E-state index in [9.17, 15) is 0 Å². The highest BCUT2D eigenvalue weighted by Crippen LogP contribution is 2.31. The standard InChI is InChI=1S/C11H18N4/c12-5-10-6-13-15-4-3-14(8-11(10)15)7-9-1-2-9/h6,9H,1-5,7-8,12H2. The molecule has 0 spiro atoms. The van der Waals surface area contributed by atoms with Gasteiger partial charge in [0.15, 0.2) is 0 Å². The predicted molar refractivity (Wildman–Crippen MR) is 58.1 cm³/mol. The van der Waals surface area contributed by atoms with E-state index in [1.165, 1.54) is 30.6 Å². The lowest BCUT2D eigenvalue weighted by molar-refractivity contribution is 0.204. The highest BCUT2D eigenvalue weighted by molar-refractivity contribution is 5.18. The van der Waals surface area contributed by atoms with E-state index >= 15 is 0 Å². The van der Waals surface area contributed by atoms with Crippen LogP contribution in [0, 0.1) is 5.92 Å². The molecular weight excluding hydrogens is 188 g/mol. The minimum absolute atomic E-state index is 0.618. The summed E-state index contributed by atoms with van der Waals surface area (Å²) in [6.45, 7) is 5.11. The summed E-state index contributed by atoms with van der Waals surface area (Å²) in [7, 11) is 0. The average molecular weight is 206 g/mol. The van der Waals surface area contributed by atoms with Gasteiger partial charge in [0, 0.05) is 31.7 Å². The Hall–Kier alpha value is -0.870. The predicted octanol–water partition coefficient (Wildman–Crippen LogP) is 0.567. The Morgan fingerprint density at radius 3 is 3.00 bits per heavy atom. The van der Waals surface area contributed by atoms with Crippen LogP contribution in [0.4, 0.5) is 0 Å². The molecule has 1 saturated carbocycles. The van der Waals surface area contributed by atoms with Crippen molar-refractivity contribution in [1.82, 2.24) is 14.7 Å². The van der Waals surface area contributed by atoms with Gasteiger partial charge in [-0.25, -0.2) is 0 Å². The number of fused-ring (bicyclic) bond motifs is 1. The number of rotatable bonds is 3. The van der Waals surface area contributed by atoms with Crippen molar-refractivity contribution in [3.63, 3.8) is 0 Å². The van der Waals surface area contributed by atoms with Crippen LogP contribution in [0.3, 0.4) is 0 Å². The van der Waals surface area contributed by atoms with Gasteiger partial charge < -0.3 is 5.73 Å². The second-order valence-corrected chi connectivity index (χ2v) is 4.72. The van der Waals surface area contributed by atoms with Gasteiger partial charge >= 0.3 is 0 Å². The molecule has 0 bridgehead atoms. The minimum Gasteiger partial charge on any atom is -0.326 e. The van der Waals surface area contributed by atoms with Crippen LogP contribution >= 0.6 is 0 Å². The topological polar surface area (TPSA) is 47.1 Å². The van der Waals surface area contributed by atoms with E-state index in [1.54, 1.807) is 0 Å². The maximum absolute atomic E-state index is 5.71. The molecule has 15 heavy (non-hydrogen) atoms. The number of aromatic nitrogens is 2. The quantitative estimate of drug-likeness (QED) is 0.786. The first-order valence-corrected chi connectivity index (χ1v) is 5.83. The van der Waals surface area contributed by atoms with Crippen molar-refractivity contribution in [2.45, 2.75) is 32.5 Å². The number of hydrogen-bond acceptors (Lipinski definition) is 3. The molecule has 1 aliphatic carbocycles. The molecule has 3 rings (SSSR count). The molecule has 2 aliphatic rings. The molecule has 4 heteroatoms. The van der Waals surface area contributed by atoms with Gasteiger partial charge in [-0.05, 0) is 18.8 Å². The smallest absolute Gasteiger partial charge is 0.0569 e. The second kappa shape index (κ2) is 3.61. The van der Waals surface area contributed by atoms with Crippen molar-refractivity contribution in [1.29, 1.82) is 0 Å². The third kappa shape index (κ3) is 1.79. The molecule has 4 nitrogen and oxygen atoms in total. The third-order valence-electron chi connectivity index (χ3n) is 3.47. The van der Waals surface area contributed by atoms with Crippen LogP contribution in [0.2, 0.25) is 0 Å². The number of nitrogens with two attached hydrogens (primary N) is 1. The van der Waals surface area contributed by atoms with Gasteiger partial charge in [0.25, 0.3) is 0 Å². The van der Waals surface area contributed by atoms with E-state index in [0.29, 0.717) is 6.54 Å². The Balaban J connectivity index is 1.74. The van der Waals surface area contributed by atoms with Crippen LogP contribution in [0.1, 0.15) is 24.1 Å². The van der Waals surface area contributed by atoms with E-state index in [2.05, 4.69) is 14.7 Å². The van der Waals surface area contributed by atoms with Gasteiger partial charge in [-0.3, -0.25) is 9.58 Å². The zero-order valence-corrected chi connectivity index (χ0v) is 9.02. The lowest BCUT2D eigenvalue weighted by atomic mass is 10.2. The first-order valence-electron chi connectivity index (χ1n) is 5.83. The summed E-state index contributed by atoms with van der Waals surface area (Å²) >= 11 is 0. The van der Waals surface area contributed by atoms with Crippen LogP contribution in [0.5, 0.6) is 0 Å². The summed E-state index contributed by atoms with van der Waals surface area (Å²) in [4.78, 5) is 2.55. The van der Waals surface area contributed by atoms with E-state index in [-0.39, 0.29) is 0 Å². The molecule has 82 valence electrons. The van der Waals surface area contributed by atoms with E-state index in [4.69, 9.17) is 5.73 Å². The van der Waals surface area contributed by atoms with Crippen molar-refractivity contribution in [2.75, 3.05) is 13.1 Å². The number of hydrogen-bond donors (Lipinski definition) is 1. The Morgan fingerprint density at radius 1 is 1.40 bits per heavy atom. The van der Waals surface area contributed by atoms with E-state index in [1.807, 2.05) is 6.20 Å². The van der Waals surface area contributed by atoms with Crippen LogP contribution in [-0.2, 0) is 19.6 Å². The second-order valence-electron chi connectivity index (χ2n) is 4.72. The Bertz CT molecular complexity index is 340. The summed E-state index contributed by atoms with van der Waals surface area (Å²) in [6, 6.07) is 0. The first-order chi connectivity index (χ1) is 7.36. The van der Waals surface area contributed by atoms with Gasteiger partial charge in [0.2, 0.25) is 0 Å². The molecule has 0 radical (unpaired) electrons. The molecule has 1 aromatic heterocycles. The Morgan fingerprint density at radius 2 is 2.27 bits per heavy atom. The van der Waals surface area contributed by atoms with Crippen molar-refractivity contribution >= 4 is 0 Å². The Labute approximate surface area is 90.0 Å². The van der Waals surface area contributed by atoms with E-state index < -0.39 is 0 Å². The third-order valence-corrected chi connectivity index (χ3v) is 3.47. The molecule has 0 saturated heterocycles. The van der Waals surface area contributed by atoms with Gasteiger partial charge in [0.05, 0.1) is 18.4 Å².